The van der Waals surface area contributed by atoms with Crippen LogP contribution >= 0.6 is 0 Å². The number of hydrogen-bond acceptors (Lipinski definition) is 3. The van der Waals surface area contributed by atoms with Crippen LogP contribution in [0.15, 0.2) is 17.2 Å². The molecule has 1 rings (SSSR count). The lowest BCUT2D eigenvalue weighted by Crippen LogP contribution is -2.36. The number of rotatable bonds is 6. The van der Waals surface area contributed by atoms with Crippen molar-refractivity contribution in [2.45, 2.75) is 58.1 Å². The Hall–Kier alpha value is -0.850. The van der Waals surface area contributed by atoms with Crippen molar-refractivity contribution < 1.29 is 8.42 Å². The zero-order chi connectivity index (χ0) is 14.8. The maximum atomic E-state index is 12.6. The first-order valence-corrected chi connectivity index (χ1v) is 8.12. The molecule has 0 amide bonds. The molecule has 0 aliphatic heterocycles. The highest BCUT2D eigenvalue weighted by Crippen LogP contribution is 2.23. The molecule has 0 aromatic carbocycles. The summed E-state index contributed by atoms with van der Waals surface area (Å²) in [6.45, 7) is 10.4. The Kier molecular flexibility index (Phi) is 5.18. The summed E-state index contributed by atoms with van der Waals surface area (Å²) in [6, 6.07) is 1.82. The third-order valence-corrected chi connectivity index (χ3v) is 5.28. The molecule has 0 bridgehead atoms. The minimum atomic E-state index is -3.44. The van der Waals surface area contributed by atoms with Gasteiger partial charge in [-0.15, -0.1) is 0 Å². The fourth-order valence-electron chi connectivity index (χ4n) is 2.23. The van der Waals surface area contributed by atoms with E-state index in [1.54, 1.807) is 12.3 Å². The Bertz CT molecular complexity index is 518. The summed E-state index contributed by atoms with van der Waals surface area (Å²) < 4.78 is 28.6. The van der Waals surface area contributed by atoms with Crippen LogP contribution in [0.25, 0.3) is 0 Å². The van der Waals surface area contributed by atoms with Crippen molar-refractivity contribution in [1.29, 1.82) is 0 Å². The fourth-order valence-corrected chi connectivity index (χ4v) is 3.93. The van der Waals surface area contributed by atoms with Crippen molar-refractivity contribution in [2.75, 3.05) is 6.54 Å². The van der Waals surface area contributed by atoms with Crippen LogP contribution in [0.2, 0.25) is 0 Å². The molecule has 0 aliphatic carbocycles. The summed E-state index contributed by atoms with van der Waals surface area (Å²) >= 11 is 0. The average molecular weight is 287 g/mol. The minimum absolute atomic E-state index is 0.0567. The number of hydrogen-bond donors (Lipinski definition) is 1. The van der Waals surface area contributed by atoms with E-state index in [1.807, 2.05) is 39.2 Å². The molecule has 19 heavy (non-hydrogen) atoms. The summed E-state index contributed by atoms with van der Waals surface area (Å²) in [6.07, 6.45) is 1.69. The highest BCUT2D eigenvalue weighted by Gasteiger charge is 2.27. The average Bonchev–Trinajstić information content (AvgIpc) is 2.73. The molecule has 1 aromatic heterocycles. The number of nitrogens with zero attached hydrogens (tertiary/aromatic N) is 2. The first kappa shape index (κ1) is 16.2. The third-order valence-electron chi connectivity index (χ3n) is 3.17. The van der Waals surface area contributed by atoms with E-state index >= 15 is 0 Å². The minimum Gasteiger partial charge on any atom is -0.346 e. The topological polar surface area (TPSA) is 68.3 Å². The molecule has 6 heteroatoms. The quantitative estimate of drug-likeness (QED) is 0.869. The van der Waals surface area contributed by atoms with E-state index in [1.165, 1.54) is 4.31 Å². The van der Waals surface area contributed by atoms with Gasteiger partial charge in [-0.1, -0.05) is 6.92 Å². The fraction of sp³-hybridized carbons (Fsp3) is 0.692. The Balaban J connectivity index is 3.29. The third kappa shape index (κ3) is 3.19. The van der Waals surface area contributed by atoms with E-state index in [-0.39, 0.29) is 12.1 Å². The lowest BCUT2D eigenvalue weighted by Gasteiger charge is -2.23. The Morgan fingerprint density at radius 1 is 1.32 bits per heavy atom. The molecule has 1 heterocycles. The molecule has 0 saturated heterocycles. The largest absolute Gasteiger partial charge is 0.346 e. The van der Waals surface area contributed by atoms with E-state index < -0.39 is 10.0 Å². The van der Waals surface area contributed by atoms with Gasteiger partial charge in [-0.25, -0.2) is 8.42 Å². The van der Waals surface area contributed by atoms with Crippen LogP contribution in [0.4, 0.5) is 0 Å². The molecule has 1 aromatic rings. The van der Waals surface area contributed by atoms with Gasteiger partial charge in [-0.3, -0.25) is 0 Å². The summed E-state index contributed by atoms with van der Waals surface area (Å²) in [5, 5.41) is 0. The summed E-state index contributed by atoms with van der Waals surface area (Å²) in [4.78, 5) is 0.331. The molecule has 0 aliphatic rings. The van der Waals surface area contributed by atoms with Gasteiger partial charge in [0.25, 0.3) is 0 Å². The van der Waals surface area contributed by atoms with Crippen LogP contribution in [-0.4, -0.2) is 29.9 Å². The smallest absolute Gasteiger partial charge is 0.244 e. The summed E-state index contributed by atoms with van der Waals surface area (Å²) in [5.41, 5.74) is 6.53. The highest BCUT2D eigenvalue weighted by molar-refractivity contribution is 7.89. The second kappa shape index (κ2) is 6.07. The molecular formula is C13H25N3O2S. The monoisotopic (exact) mass is 287 g/mol. The molecule has 5 nitrogen and oxygen atoms in total. The molecule has 2 N–H and O–H groups in total. The lowest BCUT2D eigenvalue weighted by molar-refractivity contribution is 0.369. The van der Waals surface area contributed by atoms with E-state index in [2.05, 4.69) is 0 Å². The molecular weight excluding hydrogens is 262 g/mol. The first-order chi connectivity index (χ1) is 8.75. The van der Waals surface area contributed by atoms with Crippen LogP contribution in [0, 0.1) is 0 Å². The number of sulfonamides is 1. The predicted octanol–water partition coefficient (Wildman–Crippen LogP) is 1.95. The van der Waals surface area contributed by atoms with Gasteiger partial charge in [0.15, 0.2) is 0 Å². The SMILES string of the molecule is CCN(C(C)C)S(=O)(=O)c1cc(CN)n(C(C)C)c1. The van der Waals surface area contributed by atoms with E-state index in [0.29, 0.717) is 18.0 Å². The molecule has 0 spiro atoms. The highest BCUT2D eigenvalue weighted by atomic mass is 32.2. The van der Waals surface area contributed by atoms with Gasteiger partial charge in [-0.2, -0.15) is 4.31 Å². The molecule has 0 unspecified atom stereocenters. The Morgan fingerprint density at radius 3 is 2.21 bits per heavy atom. The van der Waals surface area contributed by atoms with Crippen molar-refractivity contribution in [3.05, 3.63) is 18.0 Å². The second-order valence-electron chi connectivity index (χ2n) is 5.17. The van der Waals surface area contributed by atoms with Gasteiger partial charge >= 0.3 is 0 Å². The Labute approximate surface area is 116 Å². The summed E-state index contributed by atoms with van der Waals surface area (Å²) in [5.74, 6) is 0. The molecule has 0 saturated carbocycles. The van der Waals surface area contributed by atoms with Crippen molar-refractivity contribution in [2.24, 2.45) is 5.73 Å². The van der Waals surface area contributed by atoms with Gasteiger partial charge in [0.2, 0.25) is 10.0 Å². The number of aromatic nitrogens is 1. The second-order valence-corrected chi connectivity index (χ2v) is 7.06. The van der Waals surface area contributed by atoms with Gasteiger partial charge in [0.05, 0.1) is 0 Å². The van der Waals surface area contributed by atoms with Crippen LogP contribution in [0.3, 0.4) is 0 Å². The van der Waals surface area contributed by atoms with Crippen LogP contribution in [-0.2, 0) is 16.6 Å². The summed E-state index contributed by atoms with van der Waals surface area (Å²) in [7, 11) is -3.44. The van der Waals surface area contributed by atoms with Gasteiger partial charge < -0.3 is 10.3 Å². The lowest BCUT2D eigenvalue weighted by atomic mass is 10.3. The standard InChI is InChI=1S/C13H25N3O2S/c1-6-16(11(4)5)19(17,18)13-7-12(8-14)15(9-13)10(2)3/h7,9-11H,6,8,14H2,1-5H3. The molecule has 0 radical (unpaired) electrons. The maximum Gasteiger partial charge on any atom is 0.244 e. The predicted molar refractivity (Wildman–Crippen MR) is 77.4 cm³/mol. The number of nitrogens with two attached hydrogens (primary N) is 1. The van der Waals surface area contributed by atoms with Crippen molar-refractivity contribution in [3.8, 4) is 0 Å². The van der Waals surface area contributed by atoms with E-state index in [0.717, 1.165) is 5.69 Å². The van der Waals surface area contributed by atoms with Gasteiger partial charge in [0, 0.05) is 37.1 Å². The van der Waals surface area contributed by atoms with E-state index in [9.17, 15) is 8.42 Å². The van der Waals surface area contributed by atoms with E-state index in [4.69, 9.17) is 5.73 Å². The zero-order valence-electron chi connectivity index (χ0n) is 12.4. The first-order valence-electron chi connectivity index (χ1n) is 6.68. The van der Waals surface area contributed by atoms with Crippen molar-refractivity contribution in [1.82, 2.24) is 8.87 Å². The van der Waals surface area contributed by atoms with Crippen molar-refractivity contribution in [3.63, 3.8) is 0 Å². The zero-order valence-corrected chi connectivity index (χ0v) is 13.2. The molecule has 110 valence electrons. The maximum absolute atomic E-state index is 12.6. The molecule has 0 fully saturated rings. The van der Waals surface area contributed by atoms with Crippen LogP contribution < -0.4 is 5.73 Å². The van der Waals surface area contributed by atoms with Gasteiger partial charge in [0.1, 0.15) is 4.90 Å². The van der Waals surface area contributed by atoms with Crippen LogP contribution in [0.5, 0.6) is 0 Å². The Morgan fingerprint density at radius 2 is 1.89 bits per heavy atom. The van der Waals surface area contributed by atoms with Crippen molar-refractivity contribution >= 4 is 10.0 Å². The normalized spacial score (nSPS) is 12.9. The van der Waals surface area contributed by atoms with Crippen LogP contribution in [0.1, 0.15) is 46.4 Å². The van der Waals surface area contributed by atoms with Gasteiger partial charge in [-0.05, 0) is 33.8 Å². The molecule has 0 atom stereocenters.